The van der Waals surface area contributed by atoms with E-state index in [1.54, 1.807) is 0 Å². The van der Waals surface area contributed by atoms with Crippen molar-refractivity contribution in [2.24, 2.45) is 0 Å². The Kier molecular flexibility index (Phi) is 3.56. The van der Waals surface area contributed by atoms with Crippen molar-refractivity contribution in [2.75, 3.05) is 6.54 Å². The first-order valence-electron chi connectivity index (χ1n) is 4.18. The Labute approximate surface area is 89.1 Å². The summed E-state index contributed by atoms with van der Waals surface area (Å²) in [6.07, 6.45) is 0. The maximum Gasteiger partial charge on any atom is 0.328 e. The lowest BCUT2D eigenvalue weighted by molar-refractivity contribution is -0.118. The maximum absolute atomic E-state index is 11.3. The van der Waals surface area contributed by atoms with E-state index in [9.17, 15) is 14.4 Å². The minimum Gasteiger partial charge on any atom is -0.355 e. The van der Waals surface area contributed by atoms with Gasteiger partial charge in [0.1, 0.15) is 0 Å². The van der Waals surface area contributed by atoms with Gasteiger partial charge in [-0.15, -0.1) is 0 Å². The molecule has 1 amide bonds. The first kappa shape index (κ1) is 11.4. The Morgan fingerprint density at radius 3 is 2.73 bits per heavy atom. The fourth-order valence-corrected chi connectivity index (χ4v) is 1.22. The van der Waals surface area contributed by atoms with Gasteiger partial charge in [-0.05, 0) is 12.2 Å². The molecule has 0 atom stereocenters. The molecule has 82 valence electrons. The van der Waals surface area contributed by atoms with Gasteiger partial charge in [0.05, 0.1) is 0 Å². The van der Waals surface area contributed by atoms with Gasteiger partial charge in [-0.1, -0.05) is 0 Å². The van der Waals surface area contributed by atoms with Crippen LogP contribution in [0.15, 0.2) is 9.59 Å². The van der Waals surface area contributed by atoms with Crippen molar-refractivity contribution in [3.8, 4) is 0 Å². The number of hydrogen-bond acceptors (Lipinski definition) is 4. The number of nitrogens with one attached hydrogen (secondary N) is 3. The summed E-state index contributed by atoms with van der Waals surface area (Å²) in [7, 11) is 0. The largest absolute Gasteiger partial charge is 0.355 e. The molecule has 0 aliphatic rings. The fraction of sp³-hybridized carbons (Fsp3) is 0.429. The summed E-state index contributed by atoms with van der Waals surface area (Å²) in [6, 6.07) is 0. The molecule has 3 N–H and O–H groups in total. The first-order chi connectivity index (χ1) is 7.02. The maximum atomic E-state index is 11.3. The average molecular weight is 230 g/mol. The van der Waals surface area contributed by atoms with Gasteiger partial charge >= 0.3 is 11.1 Å². The molecule has 0 spiro atoms. The highest BCUT2D eigenvalue weighted by Gasteiger charge is 2.02. The number of carbonyl (C=O) groups is 1. The number of nitrogens with zero attached hydrogens (tertiary/aromatic N) is 1. The van der Waals surface area contributed by atoms with E-state index >= 15 is 0 Å². The highest BCUT2D eigenvalue weighted by atomic mass is 32.1. The van der Waals surface area contributed by atoms with Crippen LogP contribution in [-0.4, -0.2) is 27.2 Å². The second kappa shape index (κ2) is 4.69. The number of hydrogen-bond donors (Lipinski definition) is 3. The van der Waals surface area contributed by atoms with Gasteiger partial charge in [-0.3, -0.25) is 29.1 Å². The van der Waals surface area contributed by atoms with Crippen molar-refractivity contribution in [2.45, 2.75) is 13.5 Å². The predicted molar refractivity (Wildman–Crippen MR) is 55.2 cm³/mol. The number of amides is 1. The van der Waals surface area contributed by atoms with Crippen molar-refractivity contribution < 1.29 is 4.79 Å². The number of aromatic amines is 2. The van der Waals surface area contributed by atoms with Crippen molar-refractivity contribution in [3.63, 3.8) is 0 Å². The number of H-pyrrole nitrogens is 2. The minimum absolute atomic E-state index is 0.116. The van der Waals surface area contributed by atoms with Gasteiger partial charge in [-0.2, -0.15) is 0 Å². The van der Waals surface area contributed by atoms with Crippen LogP contribution < -0.4 is 16.4 Å². The van der Waals surface area contributed by atoms with Crippen molar-refractivity contribution in [3.05, 3.63) is 25.5 Å². The Hall–Kier alpha value is -1.70. The van der Waals surface area contributed by atoms with Gasteiger partial charge < -0.3 is 5.32 Å². The summed E-state index contributed by atoms with van der Waals surface area (Å²) in [5.41, 5.74) is -1.50. The molecular weight excluding hydrogens is 220 g/mol. The van der Waals surface area contributed by atoms with Crippen LogP contribution in [0.2, 0.25) is 0 Å². The molecule has 0 aliphatic carbocycles. The molecule has 1 heterocycles. The van der Waals surface area contributed by atoms with Gasteiger partial charge in [-0.25, -0.2) is 0 Å². The summed E-state index contributed by atoms with van der Waals surface area (Å²) in [4.78, 5) is 32.8. The average Bonchev–Trinajstić information content (AvgIpc) is 2.17. The van der Waals surface area contributed by atoms with Crippen LogP contribution in [0.1, 0.15) is 6.92 Å². The van der Waals surface area contributed by atoms with Crippen molar-refractivity contribution >= 4 is 18.1 Å². The van der Waals surface area contributed by atoms with Crippen LogP contribution in [0.5, 0.6) is 0 Å². The normalized spacial score (nSPS) is 9.93. The Balaban J connectivity index is 2.90. The molecule has 1 aromatic heterocycles. The number of aromatic nitrogens is 3. The number of carbonyl (C=O) groups excluding carboxylic acids is 1. The highest BCUT2D eigenvalue weighted by Crippen LogP contribution is 1.78. The lowest BCUT2D eigenvalue weighted by Gasteiger charge is -2.04. The Morgan fingerprint density at radius 1 is 1.47 bits per heavy atom. The molecule has 15 heavy (non-hydrogen) atoms. The van der Waals surface area contributed by atoms with Crippen LogP contribution in [0.4, 0.5) is 0 Å². The molecule has 7 nitrogen and oxygen atoms in total. The molecule has 0 radical (unpaired) electrons. The molecule has 0 bridgehead atoms. The Morgan fingerprint density at radius 2 is 2.13 bits per heavy atom. The summed E-state index contributed by atoms with van der Waals surface area (Å²) >= 11 is 4.80. The second-order valence-corrected chi connectivity index (χ2v) is 3.21. The third-order valence-corrected chi connectivity index (χ3v) is 2.00. The quantitative estimate of drug-likeness (QED) is 0.445. The van der Waals surface area contributed by atoms with Crippen molar-refractivity contribution in [1.82, 2.24) is 20.1 Å². The smallest absolute Gasteiger partial charge is 0.328 e. The summed E-state index contributed by atoms with van der Waals surface area (Å²) in [5.74, 6) is -0.206. The zero-order valence-electron chi connectivity index (χ0n) is 7.99. The second-order valence-electron chi connectivity index (χ2n) is 2.82. The standard InChI is InChI=1S/C7H10N4O3S/c1-4(12)8-2-3-11-6(14)5(13)9-10-7(11)15/h2-3H2,1H3,(H,8,12)(H,9,13)(H,10,15). The molecule has 0 unspecified atom stereocenters. The van der Waals surface area contributed by atoms with E-state index < -0.39 is 11.1 Å². The lowest BCUT2D eigenvalue weighted by Crippen LogP contribution is -2.39. The molecule has 0 saturated heterocycles. The topological polar surface area (TPSA) is 99.8 Å². The van der Waals surface area contributed by atoms with E-state index in [1.165, 1.54) is 6.92 Å². The summed E-state index contributed by atoms with van der Waals surface area (Å²) in [5, 5.41) is 6.97. The SMILES string of the molecule is CC(=O)NCCn1c(=S)[nH][nH]c(=O)c1=O. The fourth-order valence-electron chi connectivity index (χ4n) is 0.993. The Bertz CT molecular complexity index is 526. The minimum atomic E-state index is -0.772. The van der Waals surface area contributed by atoms with E-state index in [0.717, 1.165) is 4.57 Å². The molecule has 0 aliphatic heterocycles. The van der Waals surface area contributed by atoms with Crippen LogP contribution in [-0.2, 0) is 11.3 Å². The van der Waals surface area contributed by atoms with Gasteiger partial charge in [0.25, 0.3) is 0 Å². The molecule has 1 rings (SSSR count). The van der Waals surface area contributed by atoms with Crippen LogP contribution in [0, 0.1) is 4.77 Å². The summed E-state index contributed by atoms with van der Waals surface area (Å²) < 4.78 is 1.20. The van der Waals surface area contributed by atoms with E-state index in [1.807, 2.05) is 0 Å². The predicted octanol–water partition coefficient (Wildman–Crippen LogP) is -1.27. The lowest BCUT2D eigenvalue weighted by atomic mass is 10.5. The van der Waals surface area contributed by atoms with Crippen LogP contribution in [0.3, 0.4) is 0 Å². The third-order valence-electron chi connectivity index (χ3n) is 1.68. The molecule has 1 aromatic rings. The highest BCUT2D eigenvalue weighted by molar-refractivity contribution is 7.71. The number of rotatable bonds is 3. The molecular formula is C7H10N4O3S. The van der Waals surface area contributed by atoms with Crippen molar-refractivity contribution in [1.29, 1.82) is 0 Å². The zero-order valence-corrected chi connectivity index (χ0v) is 8.81. The van der Waals surface area contributed by atoms with Gasteiger partial charge in [0.15, 0.2) is 4.77 Å². The van der Waals surface area contributed by atoms with E-state index in [0.29, 0.717) is 0 Å². The zero-order chi connectivity index (χ0) is 11.4. The van der Waals surface area contributed by atoms with Crippen LogP contribution in [0.25, 0.3) is 0 Å². The first-order valence-corrected chi connectivity index (χ1v) is 4.59. The summed E-state index contributed by atoms with van der Waals surface area (Å²) in [6.45, 7) is 1.77. The van der Waals surface area contributed by atoms with E-state index in [-0.39, 0.29) is 23.8 Å². The monoisotopic (exact) mass is 230 g/mol. The molecule has 0 aromatic carbocycles. The van der Waals surface area contributed by atoms with E-state index in [4.69, 9.17) is 12.2 Å². The van der Waals surface area contributed by atoms with Crippen LogP contribution >= 0.6 is 12.2 Å². The molecule has 0 fully saturated rings. The molecule has 0 saturated carbocycles. The van der Waals surface area contributed by atoms with Gasteiger partial charge in [0, 0.05) is 20.0 Å². The van der Waals surface area contributed by atoms with E-state index in [2.05, 4.69) is 15.5 Å². The third kappa shape index (κ3) is 2.88. The van der Waals surface area contributed by atoms with Gasteiger partial charge in [0.2, 0.25) is 5.91 Å². The molecule has 8 heteroatoms.